The van der Waals surface area contributed by atoms with Crippen molar-refractivity contribution in [1.29, 1.82) is 0 Å². The van der Waals surface area contributed by atoms with Crippen molar-refractivity contribution in [2.75, 3.05) is 0 Å². The molecule has 0 unspecified atom stereocenters. The van der Waals surface area contributed by atoms with Gasteiger partial charge in [0.05, 0.1) is 17.1 Å². The van der Waals surface area contributed by atoms with Crippen LogP contribution in [0.1, 0.15) is 5.56 Å². The second kappa shape index (κ2) is 5.21. The fourth-order valence-electron chi connectivity index (χ4n) is 1.24. The molecule has 0 amide bonds. The molecule has 6 nitrogen and oxygen atoms in total. The Morgan fingerprint density at radius 1 is 1.53 bits per heavy atom. The van der Waals surface area contributed by atoms with Gasteiger partial charge in [0.25, 0.3) is 5.69 Å². The highest BCUT2D eigenvalue weighted by atomic mass is 32.2. The van der Waals surface area contributed by atoms with Gasteiger partial charge < -0.3 is 5.11 Å². The fourth-order valence-corrected chi connectivity index (χ4v) is 2.75. The van der Waals surface area contributed by atoms with Gasteiger partial charge in [-0.25, -0.2) is 0 Å². The summed E-state index contributed by atoms with van der Waals surface area (Å²) >= 11 is 2.74. The zero-order valence-corrected chi connectivity index (χ0v) is 10.1. The van der Waals surface area contributed by atoms with Crippen molar-refractivity contribution in [3.05, 3.63) is 39.4 Å². The Kier molecular flexibility index (Phi) is 3.67. The van der Waals surface area contributed by atoms with E-state index in [1.165, 1.54) is 29.2 Å². The molecule has 0 saturated heterocycles. The molecule has 0 aliphatic rings. The minimum absolute atomic E-state index is 0.0749. The van der Waals surface area contributed by atoms with Crippen LogP contribution in [-0.4, -0.2) is 20.2 Å². The molecule has 8 heteroatoms. The number of nitrogens with zero attached hydrogens (tertiary/aromatic N) is 3. The molecule has 88 valence electrons. The molecule has 0 atom stereocenters. The molecule has 1 aromatic heterocycles. The van der Waals surface area contributed by atoms with E-state index in [-0.39, 0.29) is 12.3 Å². The number of rotatable bonds is 4. The van der Waals surface area contributed by atoms with Gasteiger partial charge in [0.1, 0.15) is 5.51 Å². The third-order valence-electron chi connectivity index (χ3n) is 1.96. The highest BCUT2D eigenvalue weighted by molar-refractivity contribution is 8.01. The number of aliphatic hydroxyl groups is 1. The van der Waals surface area contributed by atoms with E-state index in [0.717, 1.165) is 9.24 Å². The van der Waals surface area contributed by atoms with Gasteiger partial charge in [-0.3, -0.25) is 10.1 Å². The second-order valence-electron chi connectivity index (χ2n) is 3.01. The first kappa shape index (κ1) is 12.0. The van der Waals surface area contributed by atoms with Crippen molar-refractivity contribution in [2.24, 2.45) is 0 Å². The van der Waals surface area contributed by atoms with Crippen molar-refractivity contribution in [1.82, 2.24) is 10.2 Å². The standard InChI is InChI=1S/C9H7N3O3S2/c13-4-6-3-7(1-2-8(6)12(14)15)17-9-11-10-5-16-9/h1-3,5,13H,4H2. The lowest BCUT2D eigenvalue weighted by Gasteiger charge is -2.02. The van der Waals surface area contributed by atoms with Gasteiger partial charge in [-0.1, -0.05) is 23.1 Å². The van der Waals surface area contributed by atoms with Gasteiger partial charge in [0.15, 0.2) is 4.34 Å². The smallest absolute Gasteiger partial charge is 0.274 e. The summed E-state index contributed by atoms with van der Waals surface area (Å²) in [5, 5.41) is 27.3. The minimum Gasteiger partial charge on any atom is -0.391 e. The predicted octanol–water partition coefficient (Wildman–Crippen LogP) is 2.09. The maximum atomic E-state index is 10.7. The van der Waals surface area contributed by atoms with Crippen LogP contribution in [0.3, 0.4) is 0 Å². The predicted molar refractivity (Wildman–Crippen MR) is 63.1 cm³/mol. The van der Waals surface area contributed by atoms with Gasteiger partial charge in [-0.2, -0.15) is 0 Å². The van der Waals surface area contributed by atoms with Gasteiger partial charge in [-0.05, 0) is 12.1 Å². The molecule has 17 heavy (non-hydrogen) atoms. The Hall–Kier alpha value is -1.51. The van der Waals surface area contributed by atoms with Crippen LogP contribution in [0.4, 0.5) is 5.69 Å². The summed E-state index contributed by atoms with van der Waals surface area (Å²) in [7, 11) is 0. The second-order valence-corrected chi connectivity index (χ2v) is 5.17. The fraction of sp³-hybridized carbons (Fsp3) is 0.111. The summed E-state index contributed by atoms with van der Waals surface area (Å²) in [4.78, 5) is 11.0. The van der Waals surface area contributed by atoms with Crippen molar-refractivity contribution in [3.63, 3.8) is 0 Å². The average molecular weight is 269 g/mol. The highest BCUT2D eigenvalue weighted by Crippen LogP contribution is 2.31. The summed E-state index contributed by atoms with van der Waals surface area (Å²) in [6, 6.07) is 4.60. The Labute approximate surface area is 104 Å². The number of hydrogen-bond acceptors (Lipinski definition) is 7. The topological polar surface area (TPSA) is 89.2 Å². The van der Waals surface area contributed by atoms with Crippen molar-refractivity contribution < 1.29 is 10.0 Å². The van der Waals surface area contributed by atoms with E-state index in [0.29, 0.717) is 5.56 Å². The third-order valence-corrected chi connectivity index (χ3v) is 3.73. The van der Waals surface area contributed by atoms with Crippen LogP contribution >= 0.6 is 23.1 Å². The summed E-state index contributed by atoms with van der Waals surface area (Å²) in [5.74, 6) is 0. The molecule has 0 aliphatic carbocycles. The molecule has 0 aliphatic heterocycles. The van der Waals surface area contributed by atoms with Crippen molar-refractivity contribution >= 4 is 28.8 Å². The Balaban J connectivity index is 2.28. The van der Waals surface area contributed by atoms with Gasteiger partial charge in [0.2, 0.25) is 0 Å². The van der Waals surface area contributed by atoms with Crippen LogP contribution in [0, 0.1) is 10.1 Å². The van der Waals surface area contributed by atoms with Crippen LogP contribution in [-0.2, 0) is 6.61 Å². The number of aromatic nitrogens is 2. The molecule has 0 bridgehead atoms. The largest absolute Gasteiger partial charge is 0.391 e. The first-order chi connectivity index (χ1) is 8.20. The zero-order valence-electron chi connectivity index (χ0n) is 8.44. The van der Waals surface area contributed by atoms with Crippen LogP contribution in [0.15, 0.2) is 32.9 Å². The van der Waals surface area contributed by atoms with E-state index in [1.54, 1.807) is 17.6 Å². The van der Waals surface area contributed by atoms with E-state index < -0.39 is 4.92 Å². The molecular weight excluding hydrogens is 262 g/mol. The van der Waals surface area contributed by atoms with E-state index in [1.807, 2.05) is 0 Å². The summed E-state index contributed by atoms with van der Waals surface area (Å²) < 4.78 is 0.753. The van der Waals surface area contributed by atoms with Gasteiger partial charge in [0, 0.05) is 11.0 Å². The lowest BCUT2D eigenvalue weighted by atomic mass is 10.2. The summed E-state index contributed by atoms with van der Waals surface area (Å²) in [5.41, 5.74) is 1.83. The molecule has 1 N–H and O–H groups in total. The number of hydrogen-bond donors (Lipinski definition) is 1. The normalized spacial score (nSPS) is 10.4. The molecule has 0 spiro atoms. The summed E-state index contributed by atoms with van der Waals surface area (Å²) in [6.45, 7) is -0.360. The molecule has 2 aromatic rings. The third kappa shape index (κ3) is 2.78. The quantitative estimate of drug-likeness (QED) is 0.675. The molecule has 1 aromatic carbocycles. The molecule has 0 fully saturated rings. The Bertz CT molecular complexity index is 530. The molecule has 1 heterocycles. The van der Waals surface area contributed by atoms with Crippen LogP contribution < -0.4 is 0 Å². The first-order valence-electron chi connectivity index (χ1n) is 4.53. The maximum Gasteiger partial charge on any atom is 0.274 e. The molecule has 0 saturated carbocycles. The van der Waals surface area contributed by atoms with Crippen molar-refractivity contribution in [3.8, 4) is 0 Å². The monoisotopic (exact) mass is 269 g/mol. The lowest BCUT2D eigenvalue weighted by Crippen LogP contribution is -1.95. The molecule has 0 radical (unpaired) electrons. The minimum atomic E-state index is -0.509. The summed E-state index contributed by atoms with van der Waals surface area (Å²) in [6.07, 6.45) is 0. The van der Waals surface area contributed by atoms with E-state index in [9.17, 15) is 10.1 Å². The Morgan fingerprint density at radius 2 is 2.35 bits per heavy atom. The maximum absolute atomic E-state index is 10.7. The van der Waals surface area contributed by atoms with Crippen LogP contribution in [0.25, 0.3) is 0 Å². The van der Waals surface area contributed by atoms with E-state index in [4.69, 9.17) is 5.11 Å². The first-order valence-corrected chi connectivity index (χ1v) is 6.22. The lowest BCUT2D eigenvalue weighted by molar-refractivity contribution is -0.385. The zero-order chi connectivity index (χ0) is 12.3. The molecular formula is C9H7N3O3S2. The van der Waals surface area contributed by atoms with Gasteiger partial charge in [-0.15, -0.1) is 10.2 Å². The van der Waals surface area contributed by atoms with Crippen LogP contribution in [0.2, 0.25) is 0 Å². The SMILES string of the molecule is O=[N+]([O-])c1ccc(Sc2nncs2)cc1CO. The number of nitro benzene ring substituents is 1. The number of aliphatic hydroxyl groups excluding tert-OH is 1. The Morgan fingerprint density at radius 3 is 2.94 bits per heavy atom. The van der Waals surface area contributed by atoms with E-state index in [2.05, 4.69) is 10.2 Å². The number of nitro groups is 1. The van der Waals surface area contributed by atoms with E-state index >= 15 is 0 Å². The van der Waals surface area contributed by atoms with Crippen LogP contribution in [0.5, 0.6) is 0 Å². The van der Waals surface area contributed by atoms with Crippen molar-refractivity contribution in [2.45, 2.75) is 15.8 Å². The average Bonchev–Trinajstić information content (AvgIpc) is 2.81. The molecule has 2 rings (SSSR count). The number of benzene rings is 1. The highest BCUT2D eigenvalue weighted by Gasteiger charge is 2.14. The van der Waals surface area contributed by atoms with Gasteiger partial charge >= 0.3 is 0 Å².